The van der Waals surface area contributed by atoms with Crippen LogP contribution in [0.25, 0.3) is 0 Å². The predicted octanol–water partition coefficient (Wildman–Crippen LogP) is -0.149. The first-order chi connectivity index (χ1) is 14.8. The summed E-state index contributed by atoms with van der Waals surface area (Å²) in [5.41, 5.74) is 1.16. The summed E-state index contributed by atoms with van der Waals surface area (Å²) in [5, 5.41) is 16.5. The van der Waals surface area contributed by atoms with Gasteiger partial charge in [-0.25, -0.2) is 13.1 Å². The van der Waals surface area contributed by atoms with E-state index in [1.54, 1.807) is 13.1 Å². The Morgan fingerprint density at radius 2 is 2.06 bits per heavy atom. The molecule has 11 heteroatoms. The van der Waals surface area contributed by atoms with Crippen molar-refractivity contribution in [1.29, 1.82) is 0 Å². The van der Waals surface area contributed by atoms with E-state index in [2.05, 4.69) is 15.4 Å². The molecule has 3 rings (SSSR count). The van der Waals surface area contributed by atoms with E-state index >= 15 is 0 Å². The van der Waals surface area contributed by atoms with Gasteiger partial charge in [-0.2, -0.15) is 0 Å². The van der Waals surface area contributed by atoms with Crippen molar-refractivity contribution < 1.29 is 27.8 Å². The average molecular weight is 457 g/mol. The number of aliphatic hydroxyl groups is 1. The van der Waals surface area contributed by atoms with Crippen molar-refractivity contribution in [1.82, 2.24) is 14.9 Å². The predicted molar refractivity (Wildman–Crippen MR) is 117 cm³/mol. The maximum absolute atomic E-state index is 12.9. The fourth-order valence-electron chi connectivity index (χ4n) is 3.78. The lowest BCUT2D eigenvalue weighted by molar-refractivity contribution is 0.0231. The minimum Gasteiger partial charge on any atom is -0.489 e. The van der Waals surface area contributed by atoms with Crippen LogP contribution < -0.4 is 24.8 Å². The van der Waals surface area contributed by atoms with Gasteiger partial charge in [0.25, 0.3) is 5.91 Å². The molecule has 1 aromatic rings. The Bertz CT molecular complexity index is 879. The van der Waals surface area contributed by atoms with Gasteiger partial charge in [-0.3, -0.25) is 9.69 Å². The zero-order valence-electron chi connectivity index (χ0n) is 18.0. The summed E-state index contributed by atoms with van der Waals surface area (Å²) < 4.78 is 36.3. The van der Waals surface area contributed by atoms with Gasteiger partial charge >= 0.3 is 0 Å². The van der Waals surface area contributed by atoms with Gasteiger partial charge in [0.2, 0.25) is 10.0 Å². The van der Waals surface area contributed by atoms with Crippen LogP contribution in [0, 0.1) is 5.92 Å². The van der Waals surface area contributed by atoms with Gasteiger partial charge in [0.1, 0.15) is 0 Å². The molecule has 0 spiro atoms. The third kappa shape index (κ3) is 6.70. The van der Waals surface area contributed by atoms with Gasteiger partial charge in [-0.1, -0.05) is 0 Å². The number of nitrogens with zero attached hydrogens (tertiary/aromatic N) is 1. The van der Waals surface area contributed by atoms with Gasteiger partial charge in [0.05, 0.1) is 31.1 Å². The van der Waals surface area contributed by atoms with Gasteiger partial charge in [-0.15, -0.1) is 0 Å². The molecule has 2 heterocycles. The molecule has 174 valence electrons. The van der Waals surface area contributed by atoms with E-state index in [0.717, 1.165) is 24.9 Å². The number of fused-ring (bicyclic) bond motifs is 1. The second-order valence-corrected chi connectivity index (χ2v) is 9.78. The molecule has 0 bridgehead atoms. The van der Waals surface area contributed by atoms with Crippen LogP contribution in [0.3, 0.4) is 0 Å². The number of β-amino-alcohol motifs (C(OH)–C–C–N with tert-alkyl or cyclic N) is 1. The van der Waals surface area contributed by atoms with Crippen LogP contribution in [0.5, 0.6) is 11.5 Å². The molecular weight excluding hydrogens is 424 g/mol. The number of ether oxygens (including phenoxy) is 2. The zero-order chi connectivity index (χ0) is 22.4. The fraction of sp³-hybridized carbons (Fsp3) is 0.650. The summed E-state index contributed by atoms with van der Waals surface area (Å²) in [4.78, 5) is 14.9. The van der Waals surface area contributed by atoms with Gasteiger partial charge < -0.3 is 25.2 Å². The summed E-state index contributed by atoms with van der Waals surface area (Å²) in [6.45, 7) is 3.36. The number of aliphatic hydroxyl groups excluding tert-OH is 1. The van der Waals surface area contributed by atoms with Crippen LogP contribution in [0.4, 0.5) is 5.69 Å². The number of carbonyl (C=O) groups is 1. The highest BCUT2D eigenvalue weighted by Gasteiger charge is 2.29. The summed E-state index contributed by atoms with van der Waals surface area (Å²) in [6, 6.07) is 3.55. The number of carbonyl (C=O) groups excluding carboxylic acids is 1. The summed E-state index contributed by atoms with van der Waals surface area (Å²) in [7, 11) is -1.44. The molecule has 31 heavy (non-hydrogen) atoms. The molecule has 0 saturated carbocycles. The molecule has 0 aromatic heterocycles. The van der Waals surface area contributed by atoms with Crippen molar-refractivity contribution in [3.8, 4) is 11.5 Å². The standard InChI is InChI=1S/C20H32N4O6S/c1-21-15-10-16(19-18(11-15)29-8-3-9-30-19)20(26)22-12-14-4-6-24(13-17(14)25)7-5-23-31(2,27)28/h10-11,14,17,21,23,25H,3-9,12-13H2,1-2H3,(H,22,26)/t14-,17+/m0/s1. The normalized spacial score (nSPS) is 21.9. The summed E-state index contributed by atoms with van der Waals surface area (Å²) >= 11 is 0. The second kappa shape index (κ2) is 10.5. The molecule has 1 amide bonds. The van der Waals surface area contributed by atoms with E-state index in [-0.39, 0.29) is 11.8 Å². The minimum atomic E-state index is -3.22. The molecule has 1 aromatic carbocycles. The number of likely N-dealkylation sites (tertiary alicyclic amines) is 1. The first kappa shape index (κ1) is 23.6. The lowest BCUT2D eigenvalue weighted by Gasteiger charge is -2.36. The Labute approximate surface area is 183 Å². The van der Waals surface area contributed by atoms with Gasteiger partial charge in [0, 0.05) is 57.3 Å². The smallest absolute Gasteiger partial charge is 0.255 e. The highest BCUT2D eigenvalue weighted by molar-refractivity contribution is 7.88. The first-order valence-electron chi connectivity index (χ1n) is 10.5. The van der Waals surface area contributed by atoms with Crippen LogP contribution in [0.2, 0.25) is 0 Å². The summed E-state index contributed by atoms with van der Waals surface area (Å²) in [5.74, 6) is 0.644. The van der Waals surface area contributed by atoms with Crippen molar-refractivity contribution in [2.45, 2.75) is 18.9 Å². The maximum atomic E-state index is 12.9. The SMILES string of the molecule is CNc1cc2c(c(C(=O)NC[C@@H]3CCN(CCNS(C)(=O)=O)C[C@H]3O)c1)OCCCO2. The van der Waals surface area contributed by atoms with Crippen molar-refractivity contribution >= 4 is 21.6 Å². The minimum absolute atomic E-state index is 0.0775. The number of piperidine rings is 1. The van der Waals surface area contributed by atoms with Crippen molar-refractivity contribution in [3.63, 3.8) is 0 Å². The molecule has 0 aliphatic carbocycles. The Morgan fingerprint density at radius 1 is 1.29 bits per heavy atom. The van der Waals surface area contributed by atoms with E-state index in [1.165, 1.54) is 0 Å². The first-order valence-corrected chi connectivity index (χ1v) is 12.4. The molecule has 2 atom stereocenters. The molecular formula is C20H32N4O6S. The molecule has 2 aliphatic heterocycles. The molecule has 2 aliphatic rings. The molecule has 10 nitrogen and oxygen atoms in total. The molecule has 4 N–H and O–H groups in total. The molecule has 0 radical (unpaired) electrons. The number of anilines is 1. The Morgan fingerprint density at radius 3 is 2.77 bits per heavy atom. The molecule has 1 fully saturated rings. The van der Waals surface area contributed by atoms with Crippen LogP contribution >= 0.6 is 0 Å². The number of hydrogen-bond acceptors (Lipinski definition) is 8. The zero-order valence-corrected chi connectivity index (χ0v) is 18.8. The largest absolute Gasteiger partial charge is 0.489 e. The Kier molecular flexibility index (Phi) is 7.98. The number of hydrogen-bond donors (Lipinski definition) is 4. The average Bonchev–Trinajstić information content (AvgIpc) is 2.96. The van der Waals surface area contributed by atoms with Crippen LogP contribution in [0.15, 0.2) is 12.1 Å². The van der Waals surface area contributed by atoms with E-state index in [0.29, 0.717) is 62.9 Å². The number of nitrogens with one attached hydrogen (secondary N) is 3. The number of rotatable bonds is 8. The third-order valence-corrected chi connectivity index (χ3v) is 6.23. The lowest BCUT2D eigenvalue weighted by atomic mass is 9.93. The van der Waals surface area contributed by atoms with Crippen LogP contribution in [-0.4, -0.2) is 89.7 Å². The van der Waals surface area contributed by atoms with E-state index in [9.17, 15) is 18.3 Å². The molecule has 0 unspecified atom stereocenters. The van der Waals surface area contributed by atoms with Crippen molar-refractivity contribution in [2.75, 3.05) is 64.6 Å². The quantitative estimate of drug-likeness (QED) is 0.425. The number of benzene rings is 1. The van der Waals surface area contributed by atoms with Gasteiger partial charge in [0.15, 0.2) is 11.5 Å². The fourth-order valence-corrected chi connectivity index (χ4v) is 4.24. The van der Waals surface area contributed by atoms with Crippen LogP contribution in [-0.2, 0) is 10.0 Å². The van der Waals surface area contributed by atoms with E-state index in [1.807, 2.05) is 11.0 Å². The Balaban J connectivity index is 1.55. The maximum Gasteiger partial charge on any atom is 0.255 e. The lowest BCUT2D eigenvalue weighted by Crippen LogP contribution is -2.49. The topological polar surface area (TPSA) is 129 Å². The highest BCUT2D eigenvalue weighted by Crippen LogP contribution is 2.36. The van der Waals surface area contributed by atoms with Gasteiger partial charge in [-0.05, 0) is 19.0 Å². The number of amides is 1. The highest BCUT2D eigenvalue weighted by atomic mass is 32.2. The van der Waals surface area contributed by atoms with Crippen molar-refractivity contribution in [2.24, 2.45) is 5.92 Å². The number of sulfonamides is 1. The van der Waals surface area contributed by atoms with Crippen molar-refractivity contribution in [3.05, 3.63) is 17.7 Å². The van der Waals surface area contributed by atoms with E-state index < -0.39 is 16.1 Å². The third-order valence-electron chi connectivity index (χ3n) is 5.50. The molecule has 1 saturated heterocycles. The monoisotopic (exact) mass is 456 g/mol. The Hall–Kier alpha value is -2.08. The summed E-state index contributed by atoms with van der Waals surface area (Å²) in [6.07, 6.45) is 1.97. The second-order valence-electron chi connectivity index (χ2n) is 7.94. The van der Waals surface area contributed by atoms with E-state index in [4.69, 9.17) is 9.47 Å². The van der Waals surface area contributed by atoms with Crippen LogP contribution in [0.1, 0.15) is 23.2 Å².